The van der Waals surface area contributed by atoms with Gasteiger partial charge in [0.2, 0.25) is 0 Å². The maximum Gasteiger partial charge on any atom is 0.279 e. The third-order valence-electron chi connectivity index (χ3n) is 4.29. The molecule has 0 radical (unpaired) electrons. The molecule has 0 unspecified atom stereocenters. The number of anilines is 1. The van der Waals surface area contributed by atoms with E-state index in [0.29, 0.717) is 23.9 Å². The van der Waals surface area contributed by atoms with E-state index in [1.807, 2.05) is 12.1 Å². The van der Waals surface area contributed by atoms with Crippen LogP contribution in [-0.4, -0.2) is 48.6 Å². The largest absolute Gasteiger partial charge is 0.467 e. The minimum atomic E-state index is -0.318. The minimum absolute atomic E-state index is 0.0708. The van der Waals surface area contributed by atoms with Gasteiger partial charge in [-0.1, -0.05) is 0 Å². The van der Waals surface area contributed by atoms with Gasteiger partial charge in [-0.2, -0.15) is 0 Å². The average molecular weight is 377 g/mol. The van der Waals surface area contributed by atoms with Crippen LogP contribution in [0.4, 0.5) is 10.1 Å². The van der Waals surface area contributed by atoms with Gasteiger partial charge in [-0.05, 0) is 48.6 Å². The molecule has 138 valence electrons. The van der Waals surface area contributed by atoms with Crippen LogP contribution in [0.3, 0.4) is 0 Å². The van der Waals surface area contributed by atoms with Crippen LogP contribution in [-0.2, 0) is 11.3 Å². The number of carbonyl (C=O) groups is 1. The number of carbonyl (C=O) groups excluding carboxylic acids is 1. The summed E-state index contributed by atoms with van der Waals surface area (Å²) < 4.78 is 18.2. The van der Waals surface area contributed by atoms with Crippen LogP contribution in [0, 0.1) is 5.82 Å². The molecule has 1 saturated heterocycles. The maximum atomic E-state index is 12.9. The number of hydrogen-bond donors (Lipinski definition) is 3. The number of nitrogens with zero attached hydrogens (tertiary/aromatic N) is 1. The fourth-order valence-electron chi connectivity index (χ4n) is 2.86. The zero-order chi connectivity index (χ0) is 18.4. The van der Waals surface area contributed by atoms with Gasteiger partial charge >= 0.3 is 0 Å². The Hall–Kier alpha value is -2.45. The molecular formula is C18H22FN4O2S+. The molecule has 0 spiro atoms. The highest BCUT2D eigenvalue weighted by Crippen LogP contribution is 2.07. The first-order chi connectivity index (χ1) is 12.6. The Bertz CT molecular complexity index is 728. The number of rotatable bonds is 5. The molecule has 0 saturated carbocycles. The molecule has 1 aliphatic heterocycles. The van der Waals surface area contributed by atoms with Crippen molar-refractivity contribution in [1.29, 1.82) is 0 Å². The zero-order valence-electron chi connectivity index (χ0n) is 14.3. The number of quaternary nitrogens is 1. The normalized spacial score (nSPS) is 14.9. The summed E-state index contributed by atoms with van der Waals surface area (Å²) in [5, 5.41) is 6.69. The second-order valence-corrected chi connectivity index (χ2v) is 6.59. The van der Waals surface area contributed by atoms with E-state index in [2.05, 4.69) is 15.5 Å². The van der Waals surface area contributed by atoms with Gasteiger partial charge in [0.1, 0.15) is 11.6 Å². The van der Waals surface area contributed by atoms with Crippen LogP contribution in [0.5, 0.6) is 0 Å². The second-order valence-electron chi connectivity index (χ2n) is 6.21. The number of halogens is 1. The van der Waals surface area contributed by atoms with E-state index >= 15 is 0 Å². The molecule has 2 heterocycles. The molecule has 1 aromatic heterocycles. The Labute approximate surface area is 157 Å². The molecule has 0 atom stereocenters. The molecule has 3 rings (SSSR count). The molecule has 26 heavy (non-hydrogen) atoms. The number of benzene rings is 1. The lowest BCUT2D eigenvalue weighted by atomic mass is 10.3. The summed E-state index contributed by atoms with van der Waals surface area (Å²) >= 11 is 5.42. The van der Waals surface area contributed by atoms with Crippen molar-refractivity contribution >= 4 is 28.9 Å². The van der Waals surface area contributed by atoms with Crippen molar-refractivity contribution in [1.82, 2.24) is 10.2 Å². The van der Waals surface area contributed by atoms with E-state index in [9.17, 15) is 9.18 Å². The van der Waals surface area contributed by atoms with Crippen molar-refractivity contribution in [3.63, 3.8) is 0 Å². The number of piperazine rings is 1. The summed E-state index contributed by atoms with van der Waals surface area (Å²) in [5.41, 5.74) is 0.609. The molecule has 0 aliphatic carbocycles. The van der Waals surface area contributed by atoms with Gasteiger partial charge in [0.05, 0.1) is 39.0 Å². The summed E-state index contributed by atoms with van der Waals surface area (Å²) in [5.74, 6) is 0.453. The molecule has 2 aromatic rings. The van der Waals surface area contributed by atoms with Crippen LogP contribution < -0.4 is 15.5 Å². The average Bonchev–Trinajstić information content (AvgIpc) is 3.16. The Morgan fingerprint density at radius 3 is 2.62 bits per heavy atom. The summed E-state index contributed by atoms with van der Waals surface area (Å²) in [4.78, 5) is 15.4. The number of furan rings is 1. The van der Waals surface area contributed by atoms with Crippen molar-refractivity contribution in [3.8, 4) is 0 Å². The molecule has 8 heteroatoms. The first kappa shape index (κ1) is 18.3. The van der Waals surface area contributed by atoms with Crippen molar-refractivity contribution in [2.75, 3.05) is 38.0 Å². The maximum absolute atomic E-state index is 12.9. The van der Waals surface area contributed by atoms with Gasteiger partial charge in [0.15, 0.2) is 11.7 Å². The molecule has 3 N–H and O–H groups in total. The van der Waals surface area contributed by atoms with E-state index in [1.54, 1.807) is 18.4 Å². The van der Waals surface area contributed by atoms with Gasteiger partial charge in [0.25, 0.3) is 5.91 Å². The fourth-order valence-corrected chi connectivity index (χ4v) is 3.11. The van der Waals surface area contributed by atoms with Crippen molar-refractivity contribution in [3.05, 3.63) is 54.2 Å². The van der Waals surface area contributed by atoms with Crippen LogP contribution in [0.1, 0.15) is 5.76 Å². The fraction of sp³-hybridized carbons (Fsp3) is 0.333. The molecule has 0 bridgehead atoms. The highest BCUT2D eigenvalue weighted by molar-refractivity contribution is 7.80. The van der Waals surface area contributed by atoms with E-state index in [-0.39, 0.29) is 11.7 Å². The second kappa shape index (κ2) is 8.77. The smallest absolute Gasteiger partial charge is 0.279 e. The van der Waals surface area contributed by atoms with Crippen LogP contribution in [0.25, 0.3) is 0 Å². The van der Waals surface area contributed by atoms with Gasteiger partial charge in [0, 0.05) is 5.69 Å². The summed E-state index contributed by atoms with van der Waals surface area (Å²) in [6.45, 7) is 4.21. The Kier molecular flexibility index (Phi) is 6.19. The quantitative estimate of drug-likeness (QED) is 0.668. The molecule has 6 nitrogen and oxygen atoms in total. The Morgan fingerprint density at radius 1 is 1.23 bits per heavy atom. The first-order valence-electron chi connectivity index (χ1n) is 8.54. The van der Waals surface area contributed by atoms with E-state index < -0.39 is 0 Å². The third kappa shape index (κ3) is 5.27. The Morgan fingerprint density at radius 2 is 1.96 bits per heavy atom. The highest BCUT2D eigenvalue weighted by Gasteiger charge is 2.23. The lowest BCUT2D eigenvalue weighted by Crippen LogP contribution is -3.15. The first-order valence-corrected chi connectivity index (χ1v) is 8.95. The lowest BCUT2D eigenvalue weighted by molar-refractivity contribution is -0.895. The highest BCUT2D eigenvalue weighted by atomic mass is 32.1. The molecule has 1 fully saturated rings. The number of hydrogen-bond acceptors (Lipinski definition) is 3. The van der Waals surface area contributed by atoms with Gasteiger partial charge in [-0.15, -0.1) is 0 Å². The van der Waals surface area contributed by atoms with Crippen molar-refractivity contribution < 1.29 is 18.5 Å². The van der Waals surface area contributed by atoms with Crippen molar-refractivity contribution in [2.24, 2.45) is 0 Å². The standard InChI is InChI=1S/C18H21FN4O2S/c19-14-3-5-15(6-4-14)21-17(24)13-22-7-9-23(10-8-22)18(26)20-12-16-2-1-11-25-16/h1-6,11H,7-10,12-13H2,(H,20,26)(H,21,24)/p+1. The third-order valence-corrected chi connectivity index (χ3v) is 4.69. The molecule has 1 aromatic carbocycles. The SMILES string of the molecule is O=C(C[NH+]1CCN(C(=S)NCc2ccco2)CC1)Nc1ccc(F)cc1. The number of nitrogens with one attached hydrogen (secondary N) is 3. The van der Waals surface area contributed by atoms with Gasteiger partial charge in [-0.3, -0.25) is 4.79 Å². The summed E-state index contributed by atoms with van der Waals surface area (Å²) in [7, 11) is 0. The topological polar surface area (TPSA) is 62.0 Å². The number of thiocarbonyl (C=S) groups is 1. The van der Waals surface area contributed by atoms with Gasteiger partial charge < -0.3 is 24.9 Å². The zero-order valence-corrected chi connectivity index (χ0v) is 15.2. The predicted octanol–water partition coefficient (Wildman–Crippen LogP) is 0.632. The molecule has 1 amide bonds. The van der Waals surface area contributed by atoms with Crippen LogP contribution in [0.2, 0.25) is 0 Å². The minimum Gasteiger partial charge on any atom is -0.467 e. The van der Waals surface area contributed by atoms with E-state index in [1.165, 1.54) is 17.0 Å². The summed E-state index contributed by atoms with van der Waals surface area (Å²) in [6, 6.07) is 9.53. The van der Waals surface area contributed by atoms with Gasteiger partial charge in [-0.25, -0.2) is 4.39 Å². The van der Waals surface area contributed by atoms with Crippen molar-refractivity contribution in [2.45, 2.75) is 6.54 Å². The molecular weight excluding hydrogens is 355 g/mol. The molecule has 1 aliphatic rings. The summed E-state index contributed by atoms with van der Waals surface area (Å²) in [6.07, 6.45) is 1.64. The number of amides is 1. The monoisotopic (exact) mass is 377 g/mol. The van der Waals surface area contributed by atoms with Crippen LogP contribution >= 0.6 is 12.2 Å². The van der Waals surface area contributed by atoms with E-state index in [0.717, 1.165) is 31.9 Å². The van der Waals surface area contributed by atoms with Crippen LogP contribution in [0.15, 0.2) is 47.1 Å². The Balaban J connectivity index is 1.38. The van der Waals surface area contributed by atoms with E-state index in [4.69, 9.17) is 16.6 Å². The lowest BCUT2D eigenvalue weighted by Gasteiger charge is -2.33. The predicted molar refractivity (Wildman–Crippen MR) is 100 cm³/mol.